The molecule has 0 saturated heterocycles. The van der Waals surface area contributed by atoms with Crippen molar-refractivity contribution in [2.45, 2.75) is 12.8 Å². The van der Waals surface area contributed by atoms with Crippen LogP contribution in [0, 0.1) is 5.82 Å². The highest BCUT2D eigenvalue weighted by atomic mass is 19.1. The van der Waals surface area contributed by atoms with E-state index in [2.05, 4.69) is 10.3 Å². The quantitative estimate of drug-likeness (QED) is 0.489. The first-order chi connectivity index (χ1) is 10.7. The predicted octanol–water partition coefficient (Wildman–Crippen LogP) is 3.19. The number of aliphatic imine (C=N–C) groups is 1. The van der Waals surface area contributed by atoms with Crippen molar-refractivity contribution in [3.8, 4) is 5.75 Å². The van der Waals surface area contributed by atoms with Crippen molar-refractivity contribution in [1.29, 1.82) is 0 Å². The van der Waals surface area contributed by atoms with E-state index in [1.165, 1.54) is 6.07 Å². The molecule has 0 spiro atoms. The number of anilines is 1. The third kappa shape index (κ3) is 5.09. The fraction of sp³-hybridized carbons (Fsp3) is 0.235. The minimum atomic E-state index is -0.207. The Kier molecular flexibility index (Phi) is 5.77. The largest absolute Gasteiger partial charge is 0.497 e. The average molecular weight is 301 g/mol. The second-order valence-electron chi connectivity index (χ2n) is 4.85. The lowest BCUT2D eigenvalue weighted by atomic mass is 10.1. The van der Waals surface area contributed by atoms with Gasteiger partial charge in [-0.3, -0.25) is 4.99 Å². The lowest BCUT2D eigenvalue weighted by molar-refractivity contribution is 0.415. The first-order valence-corrected chi connectivity index (χ1v) is 7.13. The standard InChI is InChI=1S/C17H20FN3O/c1-22-16-9-7-15(8-10-16)21-17(19)20-11-3-5-13-4-2-6-14(18)12-13/h2,4,6-10,12H,3,5,11H2,1H3,(H3,19,20,21). The van der Waals surface area contributed by atoms with Crippen LogP contribution in [0.1, 0.15) is 12.0 Å². The average Bonchev–Trinajstić information content (AvgIpc) is 2.52. The maximum absolute atomic E-state index is 13.0. The Morgan fingerprint density at radius 1 is 1.23 bits per heavy atom. The molecule has 0 bridgehead atoms. The molecule has 0 unspecified atom stereocenters. The van der Waals surface area contributed by atoms with Crippen molar-refractivity contribution in [1.82, 2.24) is 0 Å². The lowest BCUT2D eigenvalue weighted by Gasteiger charge is -2.06. The molecule has 2 aromatic rings. The number of nitrogens with zero attached hydrogens (tertiary/aromatic N) is 1. The van der Waals surface area contributed by atoms with Gasteiger partial charge in [0, 0.05) is 12.2 Å². The number of guanidine groups is 1. The number of nitrogens with one attached hydrogen (secondary N) is 1. The molecule has 0 amide bonds. The monoisotopic (exact) mass is 301 g/mol. The van der Waals surface area contributed by atoms with E-state index in [0.29, 0.717) is 12.5 Å². The zero-order valence-corrected chi connectivity index (χ0v) is 12.6. The fourth-order valence-electron chi connectivity index (χ4n) is 2.04. The summed E-state index contributed by atoms with van der Waals surface area (Å²) in [6, 6.07) is 14.0. The van der Waals surface area contributed by atoms with Crippen LogP contribution in [0.5, 0.6) is 5.75 Å². The molecule has 0 aromatic heterocycles. The van der Waals surface area contributed by atoms with Crippen LogP contribution in [0.2, 0.25) is 0 Å². The smallest absolute Gasteiger partial charge is 0.193 e. The van der Waals surface area contributed by atoms with Crippen molar-refractivity contribution in [2.24, 2.45) is 10.7 Å². The van der Waals surface area contributed by atoms with E-state index in [1.54, 1.807) is 19.2 Å². The van der Waals surface area contributed by atoms with Gasteiger partial charge in [0.25, 0.3) is 0 Å². The highest BCUT2D eigenvalue weighted by molar-refractivity contribution is 5.92. The van der Waals surface area contributed by atoms with Gasteiger partial charge in [-0.15, -0.1) is 0 Å². The zero-order chi connectivity index (χ0) is 15.8. The maximum atomic E-state index is 13.0. The molecule has 116 valence electrons. The second-order valence-corrected chi connectivity index (χ2v) is 4.85. The molecule has 0 aliphatic heterocycles. The molecule has 3 N–H and O–H groups in total. The van der Waals surface area contributed by atoms with Gasteiger partial charge in [0.05, 0.1) is 7.11 Å². The number of hydrogen-bond donors (Lipinski definition) is 2. The van der Waals surface area contributed by atoms with E-state index in [0.717, 1.165) is 29.8 Å². The Morgan fingerprint density at radius 3 is 2.68 bits per heavy atom. The van der Waals surface area contributed by atoms with Crippen LogP contribution in [-0.4, -0.2) is 19.6 Å². The Morgan fingerprint density at radius 2 is 2.00 bits per heavy atom. The molecule has 0 aliphatic rings. The summed E-state index contributed by atoms with van der Waals surface area (Å²) < 4.78 is 18.1. The molecule has 4 nitrogen and oxygen atoms in total. The van der Waals surface area contributed by atoms with E-state index >= 15 is 0 Å². The van der Waals surface area contributed by atoms with Gasteiger partial charge in [-0.1, -0.05) is 12.1 Å². The van der Waals surface area contributed by atoms with Gasteiger partial charge in [-0.2, -0.15) is 0 Å². The van der Waals surface area contributed by atoms with E-state index in [-0.39, 0.29) is 5.82 Å². The molecule has 22 heavy (non-hydrogen) atoms. The van der Waals surface area contributed by atoms with Gasteiger partial charge in [-0.05, 0) is 54.8 Å². The topological polar surface area (TPSA) is 59.6 Å². The van der Waals surface area contributed by atoms with Gasteiger partial charge in [0.15, 0.2) is 5.96 Å². The third-order valence-corrected chi connectivity index (χ3v) is 3.16. The number of ether oxygens (including phenoxy) is 1. The van der Waals surface area contributed by atoms with Crippen LogP contribution in [0.3, 0.4) is 0 Å². The van der Waals surface area contributed by atoms with Crippen molar-refractivity contribution in [2.75, 3.05) is 19.0 Å². The molecule has 2 rings (SSSR count). The SMILES string of the molecule is COc1ccc(NC(N)=NCCCc2cccc(F)c2)cc1. The molecule has 5 heteroatoms. The van der Waals surface area contributed by atoms with E-state index in [4.69, 9.17) is 10.5 Å². The number of benzene rings is 2. The van der Waals surface area contributed by atoms with E-state index < -0.39 is 0 Å². The number of rotatable bonds is 6. The molecule has 2 aromatic carbocycles. The fourth-order valence-corrected chi connectivity index (χ4v) is 2.04. The van der Waals surface area contributed by atoms with Gasteiger partial charge in [0.2, 0.25) is 0 Å². The summed E-state index contributed by atoms with van der Waals surface area (Å²) in [6.07, 6.45) is 1.59. The molecule has 0 heterocycles. The summed E-state index contributed by atoms with van der Waals surface area (Å²) in [6.45, 7) is 0.589. The van der Waals surface area contributed by atoms with Gasteiger partial charge in [0.1, 0.15) is 11.6 Å². The van der Waals surface area contributed by atoms with Gasteiger partial charge in [-0.25, -0.2) is 4.39 Å². The minimum absolute atomic E-state index is 0.207. The van der Waals surface area contributed by atoms with E-state index in [9.17, 15) is 4.39 Å². The Labute approximate surface area is 129 Å². The molecule has 0 radical (unpaired) electrons. The van der Waals surface area contributed by atoms with Crippen molar-refractivity contribution in [3.63, 3.8) is 0 Å². The molecule has 0 atom stereocenters. The van der Waals surface area contributed by atoms with Crippen molar-refractivity contribution >= 4 is 11.6 Å². The highest BCUT2D eigenvalue weighted by Crippen LogP contribution is 2.14. The second kappa shape index (κ2) is 8.02. The Bertz CT molecular complexity index is 626. The molecule has 0 saturated carbocycles. The van der Waals surface area contributed by atoms with Crippen LogP contribution in [0.4, 0.5) is 10.1 Å². The third-order valence-electron chi connectivity index (χ3n) is 3.16. The van der Waals surface area contributed by atoms with Gasteiger partial charge < -0.3 is 15.8 Å². The number of aryl methyl sites for hydroxylation is 1. The first-order valence-electron chi connectivity index (χ1n) is 7.13. The van der Waals surface area contributed by atoms with Crippen LogP contribution >= 0.6 is 0 Å². The van der Waals surface area contributed by atoms with Crippen LogP contribution in [-0.2, 0) is 6.42 Å². The Balaban J connectivity index is 1.77. The Hall–Kier alpha value is -2.56. The summed E-state index contributed by atoms with van der Waals surface area (Å²) in [5.74, 6) is 0.947. The van der Waals surface area contributed by atoms with Crippen molar-refractivity contribution in [3.05, 3.63) is 59.9 Å². The summed E-state index contributed by atoms with van der Waals surface area (Å²) in [7, 11) is 1.62. The summed E-state index contributed by atoms with van der Waals surface area (Å²) in [5.41, 5.74) is 7.65. The number of nitrogens with two attached hydrogens (primary N) is 1. The minimum Gasteiger partial charge on any atom is -0.497 e. The number of methoxy groups -OCH3 is 1. The maximum Gasteiger partial charge on any atom is 0.193 e. The van der Waals surface area contributed by atoms with Crippen molar-refractivity contribution < 1.29 is 9.13 Å². The lowest BCUT2D eigenvalue weighted by Crippen LogP contribution is -2.22. The van der Waals surface area contributed by atoms with Crippen LogP contribution in [0.25, 0.3) is 0 Å². The van der Waals surface area contributed by atoms with Crippen LogP contribution in [0.15, 0.2) is 53.5 Å². The van der Waals surface area contributed by atoms with E-state index in [1.807, 2.05) is 30.3 Å². The summed E-state index contributed by atoms with van der Waals surface area (Å²) in [4.78, 5) is 4.26. The molecular weight excluding hydrogens is 281 g/mol. The zero-order valence-electron chi connectivity index (χ0n) is 12.6. The molecule has 0 aliphatic carbocycles. The highest BCUT2D eigenvalue weighted by Gasteiger charge is 1.97. The molecule has 0 fully saturated rings. The first kappa shape index (κ1) is 15.8. The summed E-state index contributed by atoms with van der Waals surface area (Å²) >= 11 is 0. The molecular formula is C17H20FN3O. The summed E-state index contributed by atoms with van der Waals surface area (Å²) in [5, 5.41) is 3.01. The van der Waals surface area contributed by atoms with Crippen LogP contribution < -0.4 is 15.8 Å². The number of halogens is 1. The number of hydrogen-bond acceptors (Lipinski definition) is 2. The van der Waals surface area contributed by atoms with Gasteiger partial charge >= 0.3 is 0 Å². The normalized spacial score (nSPS) is 11.3. The predicted molar refractivity (Wildman–Crippen MR) is 87.8 cm³/mol.